The molecule has 3 aliphatic carbocycles. The average molecular weight is 538 g/mol. The number of thiazole rings is 1. The van der Waals surface area contributed by atoms with E-state index in [9.17, 15) is 14.7 Å². The van der Waals surface area contributed by atoms with Crippen LogP contribution in [0.4, 0.5) is 5.82 Å². The van der Waals surface area contributed by atoms with Crippen LogP contribution in [0.15, 0.2) is 12.3 Å². The van der Waals surface area contributed by atoms with Crippen LogP contribution < -0.4 is 10.6 Å². The van der Waals surface area contributed by atoms with Crippen LogP contribution in [-0.4, -0.2) is 62.6 Å². The first-order chi connectivity index (χ1) is 18.4. The molecule has 1 atom stereocenters. The van der Waals surface area contributed by atoms with Crippen LogP contribution in [0.1, 0.15) is 116 Å². The third kappa shape index (κ3) is 5.59. The summed E-state index contributed by atoms with van der Waals surface area (Å²) in [4.78, 5) is 39.0. The molecule has 0 radical (unpaired) electrons. The van der Waals surface area contributed by atoms with Crippen LogP contribution in [0.5, 0.6) is 0 Å². The van der Waals surface area contributed by atoms with Gasteiger partial charge in [0.25, 0.3) is 11.8 Å². The van der Waals surface area contributed by atoms with Crippen LogP contribution >= 0.6 is 11.3 Å². The highest BCUT2D eigenvalue weighted by Crippen LogP contribution is 2.47. The minimum absolute atomic E-state index is 0.102. The molecule has 1 aliphatic heterocycles. The Morgan fingerprint density at radius 3 is 2.58 bits per heavy atom. The van der Waals surface area contributed by atoms with Gasteiger partial charge in [0.2, 0.25) is 0 Å². The molecule has 9 heteroatoms. The summed E-state index contributed by atoms with van der Waals surface area (Å²) in [5.41, 5.74) is 1.69. The summed E-state index contributed by atoms with van der Waals surface area (Å²) in [7, 11) is 0. The number of pyridine rings is 1. The van der Waals surface area contributed by atoms with Gasteiger partial charge < -0.3 is 20.6 Å². The predicted molar refractivity (Wildman–Crippen MR) is 149 cm³/mol. The molecule has 2 aromatic heterocycles. The number of hydrogen-bond donors (Lipinski definition) is 3. The number of carbonyl (C=O) groups excluding carboxylic acids is 2. The fraction of sp³-hybridized carbons (Fsp3) is 0.655. The Kier molecular flexibility index (Phi) is 7.16. The number of piperidine rings is 1. The summed E-state index contributed by atoms with van der Waals surface area (Å²) in [6.07, 6.45) is 14.8. The lowest BCUT2D eigenvalue weighted by molar-refractivity contribution is 0.0631. The summed E-state index contributed by atoms with van der Waals surface area (Å²) in [6, 6.07) is 2.78. The second kappa shape index (κ2) is 10.6. The summed E-state index contributed by atoms with van der Waals surface area (Å²) in [5, 5.41) is 16.9. The second-order valence-electron chi connectivity index (χ2n) is 11.9. The minimum Gasteiger partial charge on any atom is -0.388 e. The van der Waals surface area contributed by atoms with Crippen LogP contribution in [0.25, 0.3) is 10.4 Å². The summed E-state index contributed by atoms with van der Waals surface area (Å²) >= 11 is 1.27. The lowest BCUT2D eigenvalue weighted by Crippen LogP contribution is -2.42. The molecule has 1 saturated heterocycles. The van der Waals surface area contributed by atoms with E-state index >= 15 is 0 Å². The smallest absolute Gasteiger partial charge is 0.280 e. The molecule has 0 aromatic carbocycles. The third-order valence-electron chi connectivity index (χ3n) is 8.65. The van der Waals surface area contributed by atoms with Crippen molar-refractivity contribution in [2.24, 2.45) is 0 Å². The van der Waals surface area contributed by atoms with E-state index in [4.69, 9.17) is 4.98 Å². The number of amides is 2. The van der Waals surface area contributed by atoms with Crippen molar-refractivity contribution in [1.82, 2.24) is 20.2 Å². The first-order valence-electron chi connectivity index (χ1n) is 14.5. The molecule has 0 unspecified atom stereocenters. The quantitative estimate of drug-likeness (QED) is 0.433. The number of likely N-dealkylation sites (tertiary alicyclic amines) is 1. The van der Waals surface area contributed by atoms with Gasteiger partial charge in [0.1, 0.15) is 11.5 Å². The van der Waals surface area contributed by atoms with E-state index in [-0.39, 0.29) is 29.4 Å². The molecule has 6 rings (SSSR count). The van der Waals surface area contributed by atoms with Gasteiger partial charge in [-0.2, -0.15) is 0 Å². The number of aromatic nitrogens is 2. The van der Waals surface area contributed by atoms with E-state index in [0.717, 1.165) is 48.4 Å². The molecule has 3 N–H and O–H groups in total. The summed E-state index contributed by atoms with van der Waals surface area (Å²) in [6.45, 7) is 3.02. The maximum atomic E-state index is 13.9. The third-order valence-corrected chi connectivity index (χ3v) is 9.74. The standard InChI is InChI=1S/C29H39N5O3S/c1-18-7-5-6-14-34(18)28(36)24-25(38-27(33-24)26(35)31-17-29(37)12-13-29)22-16-30-23(15-21(22)19-10-11-19)32-20-8-3-2-4-9-20/h15-16,18-20,37H,2-14,17H2,1H3,(H,30,32)(H,31,35)/t18-/m0/s1. The van der Waals surface area contributed by atoms with E-state index in [1.165, 1.54) is 49.0 Å². The van der Waals surface area contributed by atoms with Gasteiger partial charge >= 0.3 is 0 Å². The van der Waals surface area contributed by atoms with Gasteiger partial charge in [0.05, 0.1) is 10.5 Å². The lowest BCUT2D eigenvalue weighted by Gasteiger charge is -2.33. The van der Waals surface area contributed by atoms with Crippen LogP contribution in [0, 0.1) is 0 Å². The fourth-order valence-electron chi connectivity index (χ4n) is 5.85. The lowest BCUT2D eigenvalue weighted by atomic mass is 9.95. The number of carbonyl (C=O) groups is 2. The van der Waals surface area contributed by atoms with E-state index < -0.39 is 5.60 Å². The van der Waals surface area contributed by atoms with Crippen molar-refractivity contribution in [2.75, 3.05) is 18.4 Å². The van der Waals surface area contributed by atoms with Crippen LogP contribution in [0.2, 0.25) is 0 Å². The van der Waals surface area contributed by atoms with E-state index in [2.05, 4.69) is 28.6 Å². The molecule has 8 nitrogen and oxygen atoms in total. The Morgan fingerprint density at radius 2 is 1.87 bits per heavy atom. The largest absolute Gasteiger partial charge is 0.388 e. The number of nitrogens with one attached hydrogen (secondary N) is 2. The average Bonchev–Trinajstić information content (AvgIpc) is 3.86. The van der Waals surface area contributed by atoms with E-state index in [1.807, 2.05) is 11.1 Å². The Labute approximate surface area is 228 Å². The SMILES string of the molecule is C[C@H]1CCCCN1C(=O)c1nc(C(=O)NCC2(O)CC2)sc1-c1cnc(NC2CCCCC2)cc1C1CC1. The fourth-order valence-corrected chi connectivity index (χ4v) is 6.86. The zero-order chi connectivity index (χ0) is 26.3. The number of rotatable bonds is 8. The Morgan fingerprint density at radius 1 is 1.11 bits per heavy atom. The molecule has 2 amide bonds. The Balaban J connectivity index is 1.34. The molecule has 3 saturated carbocycles. The van der Waals surface area contributed by atoms with E-state index in [1.54, 1.807) is 0 Å². The van der Waals surface area contributed by atoms with Crippen molar-refractivity contribution in [3.63, 3.8) is 0 Å². The van der Waals surface area contributed by atoms with Crippen molar-refractivity contribution < 1.29 is 14.7 Å². The maximum Gasteiger partial charge on any atom is 0.280 e. The molecule has 4 fully saturated rings. The van der Waals surface area contributed by atoms with Crippen LogP contribution in [-0.2, 0) is 0 Å². The first kappa shape index (κ1) is 25.7. The zero-order valence-corrected chi connectivity index (χ0v) is 23.1. The molecule has 204 valence electrons. The highest BCUT2D eigenvalue weighted by molar-refractivity contribution is 7.17. The predicted octanol–water partition coefficient (Wildman–Crippen LogP) is 5.10. The molecule has 2 aromatic rings. The molecular weight excluding hydrogens is 498 g/mol. The summed E-state index contributed by atoms with van der Waals surface area (Å²) in [5.74, 6) is 0.911. The van der Waals surface area contributed by atoms with Crippen molar-refractivity contribution >= 4 is 29.0 Å². The van der Waals surface area contributed by atoms with Gasteiger partial charge in [-0.3, -0.25) is 9.59 Å². The summed E-state index contributed by atoms with van der Waals surface area (Å²) < 4.78 is 0. The van der Waals surface area contributed by atoms with Gasteiger partial charge in [-0.25, -0.2) is 9.97 Å². The number of aliphatic hydroxyl groups is 1. The molecule has 0 spiro atoms. The Hall–Kier alpha value is -2.52. The highest BCUT2D eigenvalue weighted by Gasteiger charge is 2.41. The zero-order valence-electron chi connectivity index (χ0n) is 22.3. The van der Waals surface area contributed by atoms with Gasteiger partial charge in [0, 0.05) is 36.9 Å². The molecule has 0 bridgehead atoms. The minimum atomic E-state index is -0.790. The van der Waals surface area contributed by atoms with Gasteiger partial charge in [-0.15, -0.1) is 11.3 Å². The Bertz CT molecular complexity index is 1200. The molecule has 38 heavy (non-hydrogen) atoms. The van der Waals surface area contributed by atoms with Crippen molar-refractivity contribution in [2.45, 2.75) is 108 Å². The van der Waals surface area contributed by atoms with Crippen LogP contribution in [0.3, 0.4) is 0 Å². The molecule has 3 heterocycles. The van der Waals surface area contributed by atoms with Crippen molar-refractivity contribution in [3.8, 4) is 10.4 Å². The number of hydrogen-bond acceptors (Lipinski definition) is 7. The highest BCUT2D eigenvalue weighted by atomic mass is 32.1. The topological polar surface area (TPSA) is 107 Å². The first-order valence-corrected chi connectivity index (χ1v) is 15.3. The molecule has 4 aliphatic rings. The monoisotopic (exact) mass is 537 g/mol. The van der Waals surface area contributed by atoms with Crippen molar-refractivity contribution in [3.05, 3.63) is 28.5 Å². The van der Waals surface area contributed by atoms with E-state index in [0.29, 0.717) is 37.0 Å². The number of anilines is 1. The van der Waals surface area contributed by atoms with Gasteiger partial charge in [-0.05, 0) is 82.3 Å². The molecular formula is C29H39N5O3S. The normalized spacial score (nSPS) is 23.2. The van der Waals surface area contributed by atoms with Gasteiger partial charge in [0.15, 0.2) is 5.01 Å². The second-order valence-corrected chi connectivity index (χ2v) is 12.9. The maximum absolute atomic E-state index is 13.9. The van der Waals surface area contributed by atoms with Crippen molar-refractivity contribution in [1.29, 1.82) is 0 Å². The van der Waals surface area contributed by atoms with Gasteiger partial charge in [-0.1, -0.05) is 19.3 Å². The number of nitrogens with zero attached hydrogens (tertiary/aromatic N) is 3.